The summed E-state index contributed by atoms with van der Waals surface area (Å²) in [7, 11) is 2.19. The molecule has 14 heavy (non-hydrogen) atoms. The standard InChI is InChI=1S/C10H22N2OS/c1-10-9-12(4-3-11(10)2)5-6-13-7-8-14/h10,14H,3-9H2,1-2H3. The third-order valence-electron chi connectivity index (χ3n) is 2.83. The summed E-state index contributed by atoms with van der Waals surface area (Å²) < 4.78 is 5.42. The van der Waals surface area contributed by atoms with Crippen LogP contribution in [0.4, 0.5) is 0 Å². The van der Waals surface area contributed by atoms with Gasteiger partial charge in [0.15, 0.2) is 0 Å². The van der Waals surface area contributed by atoms with Crippen LogP contribution >= 0.6 is 12.6 Å². The van der Waals surface area contributed by atoms with E-state index in [2.05, 4.69) is 36.4 Å². The Bertz CT molecular complexity index is 157. The predicted octanol–water partition coefficient (Wildman–Crippen LogP) is 0.569. The zero-order valence-corrected chi connectivity index (χ0v) is 10.2. The van der Waals surface area contributed by atoms with Crippen molar-refractivity contribution in [2.24, 2.45) is 0 Å². The molecule has 1 aliphatic heterocycles. The Hall–Kier alpha value is 0.230. The van der Waals surface area contributed by atoms with Crippen molar-refractivity contribution in [1.29, 1.82) is 0 Å². The van der Waals surface area contributed by atoms with E-state index in [1.165, 1.54) is 19.6 Å². The van der Waals surface area contributed by atoms with E-state index in [4.69, 9.17) is 4.74 Å². The topological polar surface area (TPSA) is 15.7 Å². The number of hydrogen-bond acceptors (Lipinski definition) is 4. The SMILES string of the molecule is CC1CN(CCOCCS)CCN1C. The largest absolute Gasteiger partial charge is 0.379 e. The first-order chi connectivity index (χ1) is 6.74. The summed E-state index contributed by atoms with van der Waals surface area (Å²) in [4.78, 5) is 4.88. The van der Waals surface area contributed by atoms with E-state index < -0.39 is 0 Å². The maximum absolute atomic E-state index is 5.42. The Morgan fingerprint density at radius 2 is 2.14 bits per heavy atom. The Labute approximate surface area is 92.8 Å². The van der Waals surface area contributed by atoms with Gasteiger partial charge in [-0.05, 0) is 14.0 Å². The van der Waals surface area contributed by atoms with E-state index in [1.54, 1.807) is 0 Å². The number of nitrogens with zero attached hydrogens (tertiary/aromatic N) is 2. The molecule has 1 heterocycles. The molecule has 4 heteroatoms. The van der Waals surface area contributed by atoms with Crippen molar-refractivity contribution in [3.63, 3.8) is 0 Å². The molecule has 0 radical (unpaired) electrons. The van der Waals surface area contributed by atoms with Gasteiger partial charge in [0.2, 0.25) is 0 Å². The lowest BCUT2D eigenvalue weighted by atomic mass is 10.2. The lowest BCUT2D eigenvalue weighted by Gasteiger charge is -2.37. The van der Waals surface area contributed by atoms with E-state index in [9.17, 15) is 0 Å². The van der Waals surface area contributed by atoms with E-state index in [1.807, 2.05) is 0 Å². The molecule has 1 fully saturated rings. The third-order valence-corrected chi connectivity index (χ3v) is 3.01. The summed E-state index contributed by atoms with van der Waals surface area (Å²) in [6.07, 6.45) is 0. The van der Waals surface area contributed by atoms with Gasteiger partial charge in [0.1, 0.15) is 0 Å². The zero-order chi connectivity index (χ0) is 10.4. The van der Waals surface area contributed by atoms with Crippen LogP contribution in [-0.4, -0.2) is 68.0 Å². The van der Waals surface area contributed by atoms with Crippen LogP contribution in [0.5, 0.6) is 0 Å². The Morgan fingerprint density at radius 3 is 2.79 bits per heavy atom. The van der Waals surface area contributed by atoms with Gasteiger partial charge in [0.25, 0.3) is 0 Å². The fraction of sp³-hybridized carbons (Fsp3) is 1.00. The van der Waals surface area contributed by atoms with Gasteiger partial charge in [0.05, 0.1) is 13.2 Å². The first-order valence-corrected chi connectivity index (χ1v) is 5.98. The van der Waals surface area contributed by atoms with Crippen LogP contribution < -0.4 is 0 Å². The van der Waals surface area contributed by atoms with Gasteiger partial charge in [-0.25, -0.2) is 0 Å². The highest BCUT2D eigenvalue weighted by Gasteiger charge is 2.19. The number of likely N-dealkylation sites (N-methyl/N-ethyl adjacent to an activating group) is 1. The number of hydrogen-bond donors (Lipinski definition) is 1. The highest BCUT2D eigenvalue weighted by Crippen LogP contribution is 2.05. The van der Waals surface area contributed by atoms with Crippen molar-refractivity contribution in [2.75, 3.05) is 52.2 Å². The fourth-order valence-electron chi connectivity index (χ4n) is 1.69. The molecule has 0 aromatic carbocycles. The van der Waals surface area contributed by atoms with Gasteiger partial charge in [0, 0.05) is 38.0 Å². The van der Waals surface area contributed by atoms with Crippen LogP contribution in [0, 0.1) is 0 Å². The molecule has 1 rings (SSSR count). The molecule has 0 saturated carbocycles. The second-order valence-electron chi connectivity index (χ2n) is 3.97. The van der Waals surface area contributed by atoms with Crippen molar-refractivity contribution >= 4 is 12.6 Å². The van der Waals surface area contributed by atoms with Gasteiger partial charge in [-0.15, -0.1) is 0 Å². The van der Waals surface area contributed by atoms with E-state index in [0.717, 1.165) is 25.5 Å². The van der Waals surface area contributed by atoms with Crippen molar-refractivity contribution in [3.05, 3.63) is 0 Å². The third kappa shape index (κ3) is 4.17. The van der Waals surface area contributed by atoms with Crippen LogP contribution in [0.25, 0.3) is 0 Å². The Morgan fingerprint density at radius 1 is 1.36 bits per heavy atom. The summed E-state index contributed by atoms with van der Waals surface area (Å²) in [6.45, 7) is 8.47. The number of ether oxygens (including phenoxy) is 1. The highest BCUT2D eigenvalue weighted by molar-refractivity contribution is 7.80. The minimum Gasteiger partial charge on any atom is -0.379 e. The maximum atomic E-state index is 5.42. The van der Waals surface area contributed by atoms with Crippen LogP contribution in [0.1, 0.15) is 6.92 Å². The summed E-state index contributed by atoms with van der Waals surface area (Å²) >= 11 is 4.10. The normalized spacial score (nSPS) is 25.5. The second-order valence-corrected chi connectivity index (χ2v) is 4.41. The van der Waals surface area contributed by atoms with Gasteiger partial charge in [-0.1, -0.05) is 0 Å². The molecule has 1 saturated heterocycles. The smallest absolute Gasteiger partial charge is 0.0593 e. The lowest BCUT2D eigenvalue weighted by Crippen LogP contribution is -2.50. The minimum atomic E-state index is 0.675. The molecular formula is C10H22N2OS. The van der Waals surface area contributed by atoms with E-state index >= 15 is 0 Å². The first-order valence-electron chi connectivity index (χ1n) is 5.35. The average Bonchev–Trinajstić information content (AvgIpc) is 2.18. The van der Waals surface area contributed by atoms with Crippen molar-refractivity contribution in [1.82, 2.24) is 9.80 Å². The molecule has 0 bridgehead atoms. The zero-order valence-electron chi connectivity index (χ0n) is 9.28. The molecule has 0 aromatic rings. The summed E-state index contributed by atoms with van der Waals surface area (Å²) in [5.74, 6) is 0.819. The Kier molecular flexibility index (Phi) is 5.86. The second kappa shape index (κ2) is 6.67. The maximum Gasteiger partial charge on any atom is 0.0593 e. The fourth-order valence-corrected chi connectivity index (χ4v) is 1.82. The van der Waals surface area contributed by atoms with Gasteiger partial charge in [-0.2, -0.15) is 12.6 Å². The van der Waals surface area contributed by atoms with E-state index in [-0.39, 0.29) is 0 Å². The van der Waals surface area contributed by atoms with Crippen LogP contribution in [0.2, 0.25) is 0 Å². The predicted molar refractivity (Wildman–Crippen MR) is 63.2 cm³/mol. The molecule has 0 amide bonds. The summed E-state index contributed by atoms with van der Waals surface area (Å²) in [5, 5.41) is 0. The minimum absolute atomic E-state index is 0.675. The van der Waals surface area contributed by atoms with Crippen LogP contribution in [0.3, 0.4) is 0 Å². The van der Waals surface area contributed by atoms with Gasteiger partial charge in [-0.3, -0.25) is 4.90 Å². The summed E-state index contributed by atoms with van der Waals surface area (Å²) in [5.41, 5.74) is 0. The monoisotopic (exact) mass is 218 g/mol. The molecule has 1 atom stereocenters. The van der Waals surface area contributed by atoms with Crippen molar-refractivity contribution in [3.8, 4) is 0 Å². The average molecular weight is 218 g/mol. The summed E-state index contributed by atoms with van der Waals surface area (Å²) in [6, 6.07) is 0.675. The molecule has 1 aliphatic rings. The molecule has 1 unspecified atom stereocenters. The molecular weight excluding hydrogens is 196 g/mol. The quantitative estimate of drug-likeness (QED) is 0.537. The molecule has 0 spiro atoms. The first kappa shape index (κ1) is 12.3. The highest BCUT2D eigenvalue weighted by atomic mass is 32.1. The number of thiol groups is 1. The van der Waals surface area contributed by atoms with Crippen LogP contribution in [0.15, 0.2) is 0 Å². The molecule has 0 aromatic heterocycles. The lowest BCUT2D eigenvalue weighted by molar-refractivity contribution is 0.0669. The molecule has 84 valence electrons. The number of rotatable bonds is 5. The van der Waals surface area contributed by atoms with Gasteiger partial charge >= 0.3 is 0 Å². The van der Waals surface area contributed by atoms with Gasteiger partial charge < -0.3 is 9.64 Å². The number of piperazine rings is 1. The Balaban J connectivity index is 2.07. The van der Waals surface area contributed by atoms with E-state index in [0.29, 0.717) is 6.04 Å². The molecule has 0 aliphatic carbocycles. The molecule has 0 N–H and O–H groups in total. The molecule has 3 nitrogen and oxygen atoms in total. The van der Waals surface area contributed by atoms with Crippen LogP contribution in [-0.2, 0) is 4.74 Å². The van der Waals surface area contributed by atoms with Crippen molar-refractivity contribution < 1.29 is 4.74 Å². The van der Waals surface area contributed by atoms with Crippen molar-refractivity contribution in [2.45, 2.75) is 13.0 Å².